The average Bonchev–Trinajstić information content (AvgIpc) is 2.43. The van der Waals surface area contributed by atoms with Crippen molar-refractivity contribution in [1.82, 2.24) is 8.75 Å². The fourth-order valence-electron chi connectivity index (χ4n) is 0.246. The highest BCUT2D eigenvalue weighted by Gasteiger charge is 1.86. The summed E-state index contributed by atoms with van der Waals surface area (Å²) in [6, 6.07) is 0. The van der Waals surface area contributed by atoms with Gasteiger partial charge in [-0.3, -0.25) is 0 Å². The van der Waals surface area contributed by atoms with Crippen molar-refractivity contribution in [1.29, 1.82) is 0 Å². The zero-order valence-electron chi connectivity index (χ0n) is 5.79. The van der Waals surface area contributed by atoms with Crippen LogP contribution in [0.1, 0.15) is 13.8 Å². The Hall–Kier alpha value is -0.0900. The Labute approximate surface area is 64.0 Å². The largest absolute Gasteiger partial charge is 0.180 e. The van der Waals surface area contributed by atoms with Gasteiger partial charge >= 0.3 is 0 Å². The van der Waals surface area contributed by atoms with Crippen molar-refractivity contribution < 1.29 is 0 Å². The Bertz CT molecular complexity index is 128. The standard InChI is InChI=1S/C3H4N2S2.C2H6/c1-6-3-2-4-7-5-3;1-2/h2H,1H3;1-2H3. The molecule has 0 N–H and O–H groups in total. The molecule has 1 rings (SSSR count). The summed E-state index contributed by atoms with van der Waals surface area (Å²) in [5.74, 6) is 0. The van der Waals surface area contributed by atoms with E-state index in [1.54, 1.807) is 18.0 Å². The lowest BCUT2D eigenvalue weighted by molar-refractivity contribution is 1.27. The second kappa shape index (κ2) is 6.04. The van der Waals surface area contributed by atoms with Crippen LogP contribution in [-0.4, -0.2) is 15.0 Å². The summed E-state index contributed by atoms with van der Waals surface area (Å²) in [5, 5.41) is 1.00. The molecule has 0 unspecified atom stereocenters. The molecule has 0 aliphatic carbocycles. The van der Waals surface area contributed by atoms with Gasteiger partial charge in [0.25, 0.3) is 0 Å². The Kier molecular flexibility index (Phi) is 5.98. The summed E-state index contributed by atoms with van der Waals surface area (Å²) in [6.45, 7) is 4.00. The molecule has 0 atom stereocenters. The average molecular weight is 162 g/mol. The number of hydrogen-bond donors (Lipinski definition) is 0. The summed E-state index contributed by atoms with van der Waals surface area (Å²) in [7, 11) is 0. The van der Waals surface area contributed by atoms with Crippen molar-refractivity contribution in [3.05, 3.63) is 6.20 Å². The molecule has 0 aliphatic rings. The van der Waals surface area contributed by atoms with Crippen LogP contribution >= 0.6 is 23.5 Å². The van der Waals surface area contributed by atoms with Gasteiger partial charge in [-0.05, 0) is 6.26 Å². The van der Waals surface area contributed by atoms with Crippen LogP contribution in [0.4, 0.5) is 0 Å². The predicted octanol–water partition coefficient (Wildman–Crippen LogP) is 2.29. The maximum atomic E-state index is 3.93. The number of hydrogen-bond acceptors (Lipinski definition) is 4. The molecule has 0 saturated carbocycles. The highest BCUT2D eigenvalue weighted by atomic mass is 32.2. The fourth-order valence-corrected chi connectivity index (χ4v) is 1.19. The van der Waals surface area contributed by atoms with Crippen LogP contribution in [-0.2, 0) is 0 Å². The monoisotopic (exact) mass is 162 g/mol. The Morgan fingerprint density at radius 1 is 1.56 bits per heavy atom. The van der Waals surface area contributed by atoms with Crippen LogP contribution in [0.2, 0.25) is 0 Å². The first-order chi connectivity index (χ1) is 4.43. The molecular formula is C5H10N2S2. The minimum atomic E-state index is 1.00. The molecule has 0 aromatic carbocycles. The Balaban J connectivity index is 0.000000291. The quantitative estimate of drug-likeness (QED) is 0.592. The number of nitrogens with zero attached hydrogens (tertiary/aromatic N) is 2. The third-order valence-electron chi connectivity index (χ3n) is 0.550. The topological polar surface area (TPSA) is 25.8 Å². The van der Waals surface area contributed by atoms with Gasteiger partial charge in [-0.25, -0.2) is 0 Å². The van der Waals surface area contributed by atoms with Crippen LogP contribution in [0.3, 0.4) is 0 Å². The van der Waals surface area contributed by atoms with Crippen LogP contribution in [0.5, 0.6) is 0 Å². The molecule has 4 heteroatoms. The van der Waals surface area contributed by atoms with E-state index in [0.717, 1.165) is 5.03 Å². The zero-order chi connectivity index (χ0) is 7.11. The van der Waals surface area contributed by atoms with E-state index in [9.17, 15) is 0 Å². The van der Waals surface area contributed by atoms with Gasteiger partial charge in [-0.15, -0.1) is 11.8 Å². The van der Waals surface area contributed by atoms with E-state index in [2.05, 4.69) is 8.75 Å². The lowest BCUT2D eigenvalue weighted by Gasteiger charge is -1.75. The first-order valence-corrected chi connectivity index (χ1v) is 4.70. The van der Waals surface area contributed by atoms with Gasteiger partial charge in [0.2, 0.25) is 0 Å². The molecule has 0 aliphatic heterocycles. The molecule has 0 fully saturated rings. The summed E-state index contributed by atoms with van der Waals surface area (Å²) in [6.07, 6.45) is 3.74. The van der Waals surface area contributed by atoms with Gasteiger partial charge in [-0.1, -0.05) is 13.8 Å². The highest BCUT2D eigenvalue weighted by molar-refractivity contribution is 7.98. The minimum Gasteiger partial charge on any atom is -0.180 e. The molecule has 0 bridgehead atoms. The third-order valence-corrected chi connectivity index (χ3v) is 1.76. The van der Waals surface area contributed by atoms with Gasteiger partial charge < -0.3 is 0 Å². The van der Waals surface area contributed by atoms with Crippen LogP contribution < -0.4 is 0 Å². The molecule has 0 radical (unpaired) electrons. The Morgan fingerprint density at radius 2 is 2.22 bits per heavy atom. The summed E-state index contributed by atoms with van der Waals surface area (Å²) in [5.41, 5.74) is 0. The summed E-state index contributed by atoms with van der Waals surface area (Å²) >= 11 is 2.86. The lowest BCUT2D eigenvalue weighted by atomic mass is 11.0. The van der Waals surface area contributed by atoms with Gasteiger partial charge in [-0.2, -0.15) is 8.75 Å². The van der Waals surface area contributed by atoms with Crippen molar-refractivity contribution in [2.75, 3.05) is 6.26 Å². The van der Waals surface area contributed by atoms with E-state index in [0.29, 0.717) is 0 Å². The van der Waals surface area contributed by atoms with Crippen molar-refractivity contribution in [2.24, 2.45) is 0 Å². The van der Waals surface area contributed by atoms with Crippen LogP contribution in [0, 0.1) is 0 Å². The predicted molar refractivity (Wildman–Crippen MR) is 43.0 cm³/mol. The number of aromatic nitrogens is 2. The van der Waals surface area contributed by atoms with Gasteiger partial charge in [0, 0.05) is 0 Å². The highest BCUT2D eigenvalue weighted by Crippen LogP contribution is 2.08. The van der Waals surface area contributed by atoms with Gasteiger partial charge in [0.1, 0.15) is 5.03 Å². The molecule has 0 saturated heterocycles. The fraction of sp³-hybridized carbons (Fsp3) is 0.600. The lowest BCUT2D eigenvalue weighted by Crippen LogP contribution is -1.58. The second-order valence-electron chi connectivity index (χ2n) is 0.950. The molecule has 9 heavy (non-hydrogen) atoms. The molecule has 0 amide bonds. The van der Waals surface area contributed by atoms with E-state index in [1.165, 1.54) is 11.7 Å². The van der Waals surface area contributed by atoms with Gasteiger partial charge in [0.05, 0.1) is 17.9 Å². The van der Waals surface area contributed by atoms with Crippen molar-refractivity contribution in [2.45, 2.75) is 18.9 Å². The SMILES string of the molecule is CC.CSc1cnsn1. The first-order valence-electron chi connectivity index (χ1n) is 2.75. The van der Waals surface area contributed by atoms with Crippen LogP contribution in [0.25, 0.3) is 0 Å². The molecular weight excluding hydrogens is 152 g/mol. The van der Waals surface area contributed by atoms with E-state index in [-0.39, 0.29) is 0 Å². The third kappa shape index (κ3) is 3.48. The Morgan fingerprint density at radius 3 is 2.44 bits per heavy atom. The molecule has 2 nitrogen and oxygen atoms in total. The van der Waals surface area contributed by atoms with Crippen molar-refractivity contribution in [3.8, 4) is 0 Å². The number of thioether (sulfide) groups is 1. The van der Waals surface area contributed by atoms with Crippen molar-refractivity contribution >= 4 is 23.5 Å². The van der Waals surface area contributed by atoms with Crippen molar-refractivity contribution in [3.63, 3.8) is 0 Å². The molecule has 1 aromatic rings. The van der Waals surface area contributed by atoms with Gasteiger partial charge in [0.15, 0.2) is 0 Å². The molecule has 1 aromatic heterocycles. The maximum absolute atomic E-state index is 3.93. The summed E-state index contributed by atoms with van der Waals surface area (Å²) < 4.78 is 7.73. The number of rotatable bonds is 1. The van der Waals surface area contributed by atoms with E-state index < -0.39 is 0 Å². The van der Waals surface area contributed by atoms with E-state index >= 15 is 0 Å². The maximum Gasteiger partial charge on any atom is 0.130 e. The van der Waals surface area contributed by atoms with Crippen LogP contribution in [0.15, 0.2) is 11.2 Å². The normalized spacial score (nSPS) is 7.89. The van der Waals surface area contributed by atoms with E-state index in [4.69, 9.17) is 0 Å². The smallest absolute Gasteiger partial charge is 0.130 e. The first kappa shape index (κ1) is 8.91. The summed E-state index contributed by atoms with van der Waals surface area (Å²) in [4.78, 5) is 0. The molecule has 52 valence electrons. The molecule has 0 spiro atoms. The zero-order valence-corrected chi connectivity index (χ0v) is 7.42. The van der Waals surface area contributed by atoms with E-state index in [1.807, 2.05) is 20.1 Å². The minimum absolute atomic E-state index is 1.00. The molecule has 1 heterocycles. The second-order valence-corrected chi connectivity index (χ2v) is 2.33.